The molecule has 2 aliphatic rings. The molecule has 0 radical (unpaired) electrons. The van der Waals surface area contributed by atoms with Gasteiger partial charge in [-0.05, 0) is 36.8 Å². The maximum Gasteiger partial charge on any atom is 0.258 e. The number of ether oxygens (including phenoxy) is 2. The molecule has 2 atom stereocenters. The number of methoxy groups -OCH3 is 1. The smallest absolute Gasteiger partial charge is 0.258 e. The second-order valence-corrected chi connectivity index (χ2v) is 6.80. The van der Waals surface area contributed by atoms with Crippen molar-refractivity contribution in [3.63, 3.8) is 0 Å². The quantitative estimate of drug-likeness (QED) is 0.709. The van der Waals surface area contributed by atoms with Gasteiger partial charge in [-0.2, -0.15) is 0 Å². The van der Waals surface area contributed by atoms with Gasteiger partial charge < -0.3 is 20.5 Å². The Morgan fingerprint density at radius 2 is 2.04 bits per heavy atom. The predicted octanol–water partition coefficient (Wildman–Crippen LogP) is 0.386. The summed E-state index contributed by atoms with van der Waals surface area (Å²) in [5.41, 5.74) is 5.29. The molecule has 1 saturated carbocycles. The number of primary amides is 1. The molecule has 25 heavy (non-hydrogen) atoms. The number of carbonyl (C=O) groups is 2. The first-order valence-electron chi connectivity index (χ1n) is 8.62. The number of likely N-dealkylation sites (tertiary alicyclic amines) is 1. The van der Waals surface area contributed by atoms with E-state index in [1.54, 1.807) is 19.2 Å². The maximum atomic E-state index is 12.3. The molecule has 1 aromatic rings. The highest BCUT2D eigenvalue weighted by Crippen LogP contribution is 2.41. The van der Waals surface area contributed by atoms with Crippen molar-refractivity contribution >= 4 is 11.8 Å². The van der Waals surface area contributed by atoms with Crippen molar-refractivity contribution in [2.45, 2.75) is 18.9 Å². The number of hydrogen-bond acceptors (Lipinski definition) is 5. The third-order valence-electron chi connectivity index (χ3n) is 4.81. The van der Waals surface area contributed by atoms with Gasteiger partial charge >= 0.3 is 0 Å². The minimum Gasteiger partial charge on any atom is -0.497 e. The van der Waals surface area contributed by atoms with Gasteiger partial charge in [-0.15, -0.1) is 0 Å². The van der Waals surface area contributed by atoms with E-state index in [0.717, 1.165) is 6.54 Å². The lowest BCUT2D eigenvalue weighted by Crippen LogP contribution is -2.43. The molecule has 0 spiro atoms. The van der Waals surface area contributed by atoms with Gasteiger partial charge in [-0.1, -0.05) is 6.07 Å². The minimum atomic E-state index is -0.331. The van der Waals surface area contributed by atoms with Gasteiger partial charge in [-0.3, -0.25) is 14.5 Å². The van der Waals surface area contributed by atoms with Crippen LogP contribution in [-0.2, 0) is 9.59 Å². The number of nitrogens with two attached hydrogens (primary N) is 1. The largest absolute Gasteiger partial charge is 0.497 e. The molecule has 136 valence electrons. The SMILES string of the molecule is COc1cccc(OCC(=O)N[C@H]2CN(CC(N)=O)C[C@@H]2C2CC2)c1. The van der Waals surface area contributed by atoms with Crippen molar-refractivity contribution in [1.29, 1.82) is 0 Å². The second-order valence-electron chi connectivity index (χ2n) is 6.80. The lowest BCUT2D eigenvalue weighted by atomic mass is 9.98. The van der Waals surface area contributed by atoms with E-state index in [0.29, 0.717) is 29.9 Å². The molecule has 3 N–H and O–H groups in total. The van der Waals surface area contributed by atoms with Gasteiger partial charge in [-0.25, -0.2) is 0 Å². The van der Waals surface area contributed by atoms with Crippen molar-refractivity contribution in [1.82, 2.24) is 10.2 Å². The fraction of sp³-hybridized carbons (Fsp3) is 0.556. The molecule has 0 unspecified atom stereocenters. The highest BCUT2D eigenvalue weighted by atomic mass is 16.5. The Morgan fingerprint density at radius 3 is 2.72 bits per heavy atom. The normalized spacial score (nSPS) is 23.2. The van der Waals surface area contributed by atoms with Crippen LogP contribution in [0.4, 0.5) is 0 Å². The number of rotatable bonds is 8. The zero-order chi connectivity index (χ0) is 17.8. The molecule has 7 nitrogen and oxygen atoms in total. The van der Waals surface area contributed by atoms with Gasteiger partial charge in [0.15, 0.2) is 6.61 Å². The van der Waals surface area contributed by atoms with Crippen molar-refractivity contribution in [2.75, 3.05) is 33.4 Å². The fourth-order valence-corrected chi connectivity index (χ4v) is 3.51. The van der Waals surface area contributed by atoms with Crippen LogP contribution in [0.5, 0.6) is 11.5 Å². The standard InChI is InChI=1S/C18H25N3O4/c1-24-13-3-2-4-14(7-13)25-11-18(23)20-16-9-21(10-17(19)22)8-15(16)12-5-6-12/h2-4,7,12,15-16H,5-6,8-11H2,1H3,(H2,19,22)(H,20,23)/t15-,16+/m1/s1. The van der Waals surface area contributed by atoms with Crippen LogP contribution in [0.3, 0.4) is 0 Å². The number of amides is 2. The molecule has 0 aromatic heterocycles. The molecule has 0 bridgehead atoms. The van der Waals surface area contributed by atoms with Gasteiger partial charge in [0.1, 0.15) is 11.5 Å². The second kappa shape index (κ2) is 7.74. The lowest BCUT2D eigenvalue weighted by molar-refractivity contribution is -0.124. The van der Waals surface area contributed by atoms with E-state index >= 15 is 0 Å². The average molecular weight is 347 g/mol. The highest BCUT2D eigenvalue weighted by molar-refractivity contribution is 5.78. The molecule has 1 heterocycles. The van der Waals surface area contributed by atoms with E-state index in [1.807, 2.05) is 17.0 Å². The molecule has 1 aliphatic heterocycles. The summed E-state index contributed by atoms with van der Waals surface area (Å²) >= 11 is 0. The average Bonchev–Trinajstić information content (AvgIpc) is 3.36. The van der Waals surface area contributed by atoms with Crippen LogP contribution in [0.25, 0.3) is 0 Å². The molecular weight excluding hydrogens is 322 g/mol. The summed E-state index contributed by atoms with van der Waals surface area (Å²) in [6, 6.07) is 7.21. The van der Waals surface area contributed by atoms with E-state index in [2.05, 4.69) is 5.32 Å². The predicted molar refractivity (Wildman–Crippen MR) is 92.3 cm³/mol. The summed E-state index contributed by atoms with van der Waals surface area (Å²) in [7, 11) is 1.59. The Balaban J connectivity index is 1.51. The number of nitrogens with zero attached hydrogens (tertiary/aromatic N) is 1. The Bertz CT molecular complexity index is 633. The van der Waals surface area contributed by atoms with Crippen LogP contribution in [0, 0.1) is 11.8 Å². The van der Waals surface area contributed by atoms with E-state index < -0.39 is 0 Å². The summed E-state index contributed by atoms with van der Waals surface area (Å²) in [5, 5.41) is 3.06. The lowest BCUT2D eigenvalue weighted by Gasteiger charge is -2.19. The summed E-state index contributed by atoms with van der Waals surface area (Å²) in [4.78, 5) is 25.4. The van der Waals surface area contributed by atoms with Crippen LogP contribution >= 0.6 is 0 Å². The summed E-state index contributed by atoms with van der Waals surface area (Å²) in [6.07, 6.45) is 2.39. The molecule has 7 heteroatoms. The maximum absolute atomic E-state index is 12.3. The summed E-state index contributed by atoms with van der Waals surface area (Å²) < 4.78 is 10.7. The molecular formula is C18H25N3O4. The number of benzene rings is 1. The Morgan fingerprint density at radius 1 is 1.28 bits per heavy atom. The monoisotopic (exact) mass is 347 g/mol. The van der Waals surface area contributed by atoms with Crippen LogP contribution in [0.1, 0.15) is 12.8 Å². The summed E-state index contributed by atoms with van der Waals surface area (Å²) in [6.45, 7) is 1.68. The Kier molecular flexibility index (Phi) is 5.43. The van der Waals surface area contributed by atoms with Gasteiger partial charge in [0.25, 0.3) is 5.91 Å². The van der Waals surface area contributed by atoms with E-state index in [1.165, 1.54) is 12.8 Å². The summed E-state index contributed by atoms with van der Waals surface area (Å²) in [5.74, 6) is 1.82. The van der Waals surface area contributed by atoms with Gasteiger partial charge in [0.2, 0.25) is 5.91 Å². The van der Waals surface area contributed by atoms with E-state index in [-0.39, 0.29) is 31.0 Å². The molecule has 2 amide bonds. The van der Waals surface area contributed by atoms with Crippen molar-refractivity contribution < 1.29 is 19.1 Å². The van der Waals surface area contributed by atoms with Crippen molar-refractivity contribution in [3.8, 4) is 11.5 Å². The van der Waals surface area contributed by atoms with E-state index in [4.69, 9.17) is 15.2 Å². The first kappa shape index (κ1) is 17.5. The van der Waals surface area contributed by atoms with E-state index in [9.17, 15) is 9.59 Å². The van der Waals surface area contributed by atoms with Crippen LogP contribution < -0.4 is 20.5 Å². The molecule has 3 rings (SSSR count). The highest BCUT2D eigenvalue weighted by Gasteiger charge is 2.43. The zero-order valence-electron chi connectivity index (χ0n) is 14.4. The number of hydrogen-bond donors (Lipinski definition) is 2. The Hall–Kier alpha value is -2.28. The molecule has 1 saturated heterocycles. The number of nitrogens with one attached hydrogen (secondary N) is 1. The number of carbonyl (C=O) groups excluding carboxylic acids is 2. The third kappa shape index (κ3) is 4.85. The zero-order valence-corrected chi connectivity index (χ0v) is 14.4. The molecule has 1 aromatic carbocycles. The van der Waals surface area contributed by atoms with Crippen LogP contribution in [0.2, 0.25) is 0 Å². The van der Waals surface area contributed by atoms with Crippen LogP contribution in [0.15, 0.2) is 24.3 Å². The molecule has 1 aliphatic carbocycles. The first-order chi connectivity index (χ1) is 12.0. The third-order valence-corrected chi connectivity index (χ3v) is 4.81. The van der Waals surface area contributed by atoms with Crippen molar-refractivity contribution in [2.24, 2.45) is 17.6 Å². The fourth-order valence-electron chi connectivity index (χ4n) is 3.51. The van der Waals surface area contributed by atoms with Gasteiger partial charge in [0, 0.05) is 25.2 Å². The minimum absolute atomic E-state index is 0.0448. The van der Waals surface area contributed by atoms with Crippen molar-refractivity contribution in [3.05, 3.63) is 24.3 Å². The molecule has 2 fully saturated rings. The van der Waals surface area contributed by atoms with Gasteiger partial charge in [0.05, 0.1) is 13.7 Å². The van der Waals surface area contributed by atoms with Crippen LogP contribution in [-0.4, -0.2) is 56.1 Å². The topological polar surface area (TPSA) is 93.9 Å². The Labute approximate surface area is 147 Å². The first-order valence-corrected chi connectivity index (χ1v) is 8.62.